The summed E-state index contributed by atoms with van der Waals surface area (Å²) in [6, 6.07) is 7.87. The summed E-state index contributed by atoms with van der Waals surface area (Å²) in [5, 5.41) is 12.6. The van der Waals surface area contributed by atoms with E-state index in [1.807, 2.05) is 31.2 Å². The molecule has 0 saturated heterocycles. The highest BCUT2D eigenvalue weighted by Gasteiger charge is 2.14. The van der Waals surface area contributed by atoms with E-state index in [9.17, 15) is 4.79 Å². The number of benzene rings is 1. The van der Waals surface area contributed by atoms with Gasteiger partial charge >= 0.3 is 5.97 Å². The predicted octanol–water partition coefficient (Wildman–Crippen LogP) is 2.27. The molecule has 0 aliphatic rings. The lowest BCUT2D eigenvalue weighted by Crippen LogP contribution is -2.00. The number of carboxylic acids is 1. The lowest BCUT2D eigenvalue weighted by Gasteiger charge is -1.99. The number of aromatic carboxylic acids is 1. The summed E-state index contributed by atoms with van der Waals surface area (Å²) in [6.45, 7) is 2.00. The molecule has 0 aliphatic heterocycles. The van der Waals surface area contributed by atoms with E-state index >= 15 is 0 Å². The van der Waals surface area contributed by atoms with Crippen molar-refractivity contribution in [2.75, 3.05) is 0 Å². The highest BCUT2D eigenvalue weighted by Crippen LogP contribution is 2.13. The van der Waals surface area contributed by atoms with E-state index in [4.69, 9.17) is 5.11 Å². The van der Waals surface area contributed by atoms with E-state index in [0.717, 1.165) is 11.8 Å². The molecule has 0 radical (unpaired) electrons. The smallest absolute Gasteiger partial charge is 0.340 e. The first-order valence-corrected chi connectivity index (χ1v) is 4.89. The van der Waals surface area contributed by atoms with Crippen LogP contribution in [0.4, 0.5) is 0 Å². The maximum Gasteiger partial charge on any atom is 0.340 e. The molecule has 0 bridgehead atoms. The largest absolute Gasteiger partial charge is 0.478 e. The van der Waals surface area contributed by atoms with Crippen LogP contribution in [-0.2, 0) is 6.42 Å². The molecule has 0 spiro atoms. The van der Waals surface area contributed by atoms with Gasteiger partial charge in [0.05, 0.1) is 0 Å². The van der Waals surface area contributed by atoms with Gasteiger partial charge in [0.1, 0.15) is 17.5 Å². The highest BCUT2D eigenvalue weighted by molar-refractivity contribution is 5.88. The van der Waals surface area contributed by atoms with E-state index < -0.39 is 5.97 Å². The second-order valence-electron chi connectivity index (χ2n) is 3.64. The summed E-state index contributed by atoms with van der Waals surface area (Å²) in [5.74, 6) is -1.01. The molecule has 2 rings (SSSR count). The molecule has 0 fully saturated rings. The molecule has 4 nitrogen and oxygen atoms in total. The predicted molar refractivity (Wildman–Crippen MR) is 57.4 cm³/mol. The fraction of sp³-hybridized carbons (Fsp3) is 0.167. The molecule has 0 unspecified atom stereocenters. The number of rotatable bonds is 3. The van der Waals surface area contributed by atoms with Crippen LogP contribution < -0.4 is 0 Å². The summed E-state index contributed by atoms with van der Waals surface area (Å²) >= 11 is 0. The third kappa shape index (κ3) is 2.11. The average molecular weight is 217 g/mol. The molecule has 82 valence electrons. The Morgan fingerprint density at radius 1 is 1.38 bits per heavy atom. The summed E-state index contributed by atoms with van der Waals surface area (Å²) in [7, 11) is 0. The summed E-state index contributed by atoms with van der Waals surface area (Å²) in [6.07, 6.45) is 1.63. The standard InChI is InChI=1S/C12H11NO3/c1-8-2-4-9(5-3-8)6-11-10(12(14)15)7-16-13-11/h2-5,7H,6H2,1H3,(H,14,15). The van der Waals surface area contributed by atoms with Gasteiger partial charge in [-0.3, -0.25) is 0 Å². The van der Waals surface area contributed by atoms with Crippen molar-refractivity contribution in [2.24, 2.45) is 0 Å². The molecule has 1 aromatic heterocycles. The molecular formula is C12H11NO3. The van der Waals surface area contributed by atoms with Crippen molar-refractivity contribution < 1.29 is 14.4 Å². The van der Waals surface area contributed by atoms with Gasteiger partial charge in [-0.25, -0.2) is 4.79 Å². The lowest BCUT2D eigenvalue weighted by molar-refractivity contribution is 0.0695. The first-order valence-electron chi connectivity index (χ1n) is 4.89. The van der Waals surface area contributed by atoms with Gasteiger partial charge in [0.25, 0.3) is 0 Å². The summed E-state index contributed by atoms with van der Waals surface area (Å²) in [5.41, 5.74) is 2.77. The molecule has 1 N–H and O–H groups in total. The minimum absolute atomic E-state index is 0.126. The third-order valence-corrected chi connectivity index (χ3v) is 2.37. The second-order valence-corrected chi connectivity index (χ2v) is 3.64. The third-order valence-electron chi connectivity index (χ3n) is 2.37. The Bertz CT molecular complexity index is 499. The molecule has 0 amide bonds. The number of aryl methyl sites for hydroxylation is 1. The van der Waals surface area contributed by atoms with Gasteiger partial charge in [0.2, 0.25) is 0 Å². The van der Waals surface area contributed by atoms with Gasteiger partial charge in [0.15, 0.2) is 0 Å². The van der Waals surface area contributed by atoms with Gasteiger partial charge in [-0.2, -0.15) is 0 Å². The quantitative estimate of drug-likeness (QED) is 0.856. The van der Waals surface area contributed by atoms with Gasteiger partial charge in [0, 0.05) is 6.42 Å². The Morgan fingerprint density at radius 2 is 2.06 bits per heavy atom. The van der Waals surface area contributed by atoms with Crippen LogP contribution in [0.2, 0.25) is 0 Å². The van der Waals surface area contributed by atoms with E-state index in [-0.39, 0.29) is 5.56 Å². The highest BCUT2D eigenvalue weighted by atomic mass is 16.5. The number of hydrogen-bond donors (Lipinski definition) is 1. The average Bonchev–Trinajstić information content (AvgIpc) is 2.69. The molecule has 4 heteroatoms. The van der Waals surface area contributed by atoms with Crippen molar-refractivity contribution in [1.29, 1.82) is 0 Å². The van der Waals surface area contributed by atoms with Crippen LogP contribution in [0.1, 0.15) is 27.2 Å². The zero-order valence-electron chi connectivity index (χ0n) is 8.80. The fourth-order valence-corrected chi connectivity index (χ4v) is 1.46. The summed E-state index contributed by atoms with van der Waals surface area (Å²) < 4.78 is 4.67. The zero-order valence-corrected chi connectivity index (χ0v) is 8.80. The van der Waals surface area contributed by atoms with E-state index in [1.54, 1.807) is 0 Å². The molecule has 1 aromatic carbocycles. The minimum atomic E-state index is -1.01. The SMILES string of the molecule is Cc1ccc(Cc2nocc2C(=O)O)cc1. The lowest BCUT2D eigenvalue weighted by atomic mass is 10.1. The molecule has 16 heavy (non-hydrogen) atoms. The van der Waals surface area contributed by atoms with Crippen LogP contribution in [0.25, 0.3) is 0 Å². The number of aromatic nitrogens is 1. The van der Waals surface area contributed by atoms with Crippen molar-refractivity contribution in [2.45, 2.75) is 13.3 Å². The fourth-order valence-electron chi connectivity index (χ4n) is 1.46. The minimum Gasteiger partial charge on any atom is -0.478 e. The zero-order chi connectivity index (χ0) is 11.5. The Hall–Kier alpha value is -2.10. The van der Waals surface area contributed by atoms with Crippen LogP contribution in [-0.4, -0.2) is 16.2 Å². The Morgan fingerprint density at radius 3 is 2.69 bits per heavy atom. The van der Waals surface area contributed by atoms with E-state index in [2.05, 4.69) is 9.68 Å². The van der Waals surface area contributed by atoms with Crippen LogP contribution in [0.3, 0.4) is 0 Å². The molecule has 1 heterocycles. The first kappa shape index (κ1) is 10.4. The number of carbonyl (C=O) groups is 1. The normalized spacial score (nSPS) is 10.3. The number of nitrogens with zero attached hydrogens (tertiary/aromatic N) is 1. The van der Waals surface area contributed by atoms with Crippen molar-refractivity contribution in [3.63, 3.8) is 0 Å². The monoisotopic (exact) mass is 217 g/mol. The van der Waals surface area contributed by atoms with Crippen LogP contribution in [0, 0.1) is 6.92 Å². The van der Waals surface area contributed by atoms with E-state index in [0.29, 0.717) is 12.1 Å². The van der Waals surface area contributed by atoms with Crippen LogP contribution in [0.5, 0.6) is 0 Å². The maximum absolute atomic E-state index is 10.8. The Balaban J connectivity index is 2.23. The van der Waals surface area contributed by atoms with Crippen molar-refractivity contribution in [1.82, 2.24) is 5.16 Å². The number of carboxylic acid groups (broad SMARTS) is 1. The Kier molecular flexibility index (Phi) is 2.72. The van der Waals surface area contributed by atoms with Crippen LogP contribution >= 0.6 is 0 Å². The van der Waals surface area contributed by atoms with Crippen molar-refractivity contribution in [3.8, 4) is 0 Å². The maximum atomic E-state index is 10.8. The molecule has 0 saturated carbocycles. The van der Waals surface area contributed by atoms with Gasteiger partial charge < -0.3 is 9.63 Å². The molecular weight excluding hydrogens is 206 g/mol. The van der Waals surface area contributed by atoms with Crippen molar-refractivity contribution in [3.05, 3.63) is 52.9 Å². The van der Waals surface area contributed by atoms with Gasteiger partial charge in [-0.1, -0.05) is 35.0 Å². The van der Waals surface area contributed by atoms with Crippen molar-refractivity contribution >= 4 is 5.97 Å². The van der Waals surface area contributed by atoms with Gasteiger partial charge in [-0.05, 0) is 12.5 Å². The topological polar surface area (TPSA) is 63.3 Å². The Labute approximate surface area is 92.5 Å². The number of hydrogen-bond acceptors (Lipinski definition) is 3. The summed E-state index contributed by atoms with van der Waals surface area (Å²) in [4.78, 5) is 10.8. The second kappa shape index (κ2) is 4.18. The van der Waals surface area contributed by atoms with Gasteiger partial charge in [-0.15, -0.1) is 0 Å². The van der Waals surface area contributed by atoms with E-state index in [1.165, 1.54) is 5.56 Å². The molecule has 2 aromatic rings. The molecule has 0 aliphatic carbocycles. The first-order chi connectivity index (χ1) is 7.66. The van der Waals surface area contributed by atoms with Crippen LogP contribution in [0.15, 0.2) is 35.1 Å². The molecule has 0 atom stereocenters.